The van der Waals surface area contributed by atoms with Gasteiger partial charge in [-0.15, -0.1) is 0 Å². The minimum atomic E-state index is -0.780. The van der Waals surface area contributed by atoms with Crippen LogP contribution >= 0.6 is 0 Å². The summed E-state index contributed by atoms with van der Waals surface area (Å²) in [5.41, 5.74) is 5.48. The molecule has 5 unspecified atom stereocenters. The van der Waals surface area contributed by atoms with E-state index in [-0.39, 0.29) is 23.8 Å². The van der Waals surface area contributed by atoms with Gasteiger partial charge < -0.3 is 15.7 Å². The third-order valence-corrected chi connectivity index (χ3v) is 6.41. The van der Waals surface area contributed by atoms with Crippen LogP contribution in [0.5, 0.6) is 0 Å². The highest BCUT2D eigenvalue weighted by Crippen LogP contribution is 2.49. The fourth-order valence-electron chi connectivity index (χ4n) is 4.83. The summed E-state index contributed by atoms with van der Waals surface area (Å²) in [5.74, 6) is 0.225. The standard InChI is InChI=1S/C16H26N2O3/c1-9(2)16(15(20)21)5-6-18(8-16)14(19)12-10-3-4-11(7-10)13(12)17/h9-13H,3-8,17H2,1-2H3,(H,20,21). The number of hydrogen-bond donors (Lipinski definition) is 2. The number of nitrogens with two attached hydrogens (primary N) is 1. The molecule has 1 amide bonds. The molecule has 5 nitrogen and oxygen atoms in total. The molecular weight excluding hydrogens is 268 g/mol. The summed E-state index contributed by atoms with van der Waals surface area (Å²) in [5, 5.41) is 9.59. The predicted octanol–water partition coefficient (Wildman–Crippen LogP) is 1.32. The fourth-order valence-corrected chi connectivity index (χ4v) is 4.83. The van der Waals surface area contributed by atoms with Gasteiger partial charge in [0.1, 0.15) is 0 Å². The molecule has 2 aliphatic carbocycles. The summed E-state index contributed by atoms with van der Waals surface area (Å²) in [7, 11) is 0. The van der Waals surface area contributed by atoms with Gasteiger partial charge in [0.15, 0.2) is 0 Å². The topological polar surface area (TPSA) is 83.6 Å². The highest BCUT2D eigenvalue weighted by atomic mass is 16.4. The first kappa shape index (κ1) is 14.8. The molecule has 0 aromatic rings. The molecule has 0 aromatic carbocycles. The Balaban J connectivity index is 1.74. The fraction of sp³-hybridized carbons (Fsp3) is 0.875. The van der Waals surface area contributed by atoms with Gasteiger partial charge in [0.25, 0.3) is 0 Å². The maximum Gasteiger partial charge on any atom is 0.311 e. The van der Waals surface area contributed by atoms with Crippen LogP contribution in [0.25, 0.3) is 0 Å². The van der Waals surface area contributed by atoms with Crippen LogP contribution in [-0.4, -0.2) is 41.0 Å². The van der Waals surface area contributed by atoms with Crippen LogP contribution in [-0.2, 0) is 9.59 Å². The summed E-state index contributed by atoms with van der Waals surface area (Å²) < 4.78 is 0. The van der Waals surface area contributed by atoms with Crippen molar-refractivity contribution in [2.75, 3.05) is 13.1 Å². The van der Waals surface area contributed by atoms with Gasteiger partial charge in [0, 0.05) is 19.1 Å². The van der Waals surface area contributed by atoms with E-state index < -0.39 is 11.4 Å². The van der Waals surface area contributed by atoms with E-state index in [0.29, 0.717) is 31.3 Å². The van der Waals surface area contributed by atoms with Crippen LogP contribution in [0.4, 0.5) is 0 Å². The zero-order chi connectivity index (χ0) is 15.4. The number of rotatable bonds is 3. The Morgan fingerprint density at radius 2 is 1.95 bits per heavy atom. The molecule has 3 N–H and O–H groups in total. The molecule has 0 aromatic heterocycles. The summed E-state index contributed by atoms with van der Waals surface area (Å²) >= 11 is 0. The van der Waals surface area contributed by atoms with Crippen molar-refractivity contribution >= 4 is 11.9 Å². The van der Waals surface area contributed by atoms with Crippen molar-refractivity contribution in [3.05, 3.63) is 0 Å². The smallest absolute Gasteiger partial charge is 0.311 e. The molecule has 1 heterocycles. The van der Waals surface area contributed by atoms with E-state index in [2.05, 4.69) is 0 Å². The highest BCUT2D eigenvalue weighted by molar-refractivity contribution is 5.83. The number of hydrogen-bond acceptors (Lipinski definition) is 3. The lowest BCUT2D eigenvalue weighted by molar-refractivity contribution is -0.151. The predicted molar refractivity (Wildman–Crippen MR) is 78.4 cm³/mol. The summed E-state index contributed by atoms with van der Waals surface area (Å²) in [6.45, 7) is 4.78. The second-order valence-corrected chi connectivity index (χ2v) is 7.56. The molecule has 2 saturated carbocycles. The van der Waals surface area contributed by atoms with Crippen molar-refractivity contribution < 1.29 is 14.7 Å². The zero-order valence-electron chi connectivity index (χ0n) is 12.9. The SMILES string of the molecule is CC(C)C1(C(=O)O)CCN(C(=O)C2C3CCC(C3)C2N)C1. The summed E-state index contributed by atoms with van der Waals surface area (Å²) in [6.07, 6.45) is 3.90. The number of nitrogens with zero attached hydrogens (tertiary/aromatic N) is 1. The molecule has 0 spiro atoms. The molecular formula is C16H26N2O3. The van der Waals surface area contributed by atoms with Crippen molar-refractivity contribution in [1.82, 2.24) is 4.90 Å². The number of amides is 1. The number of fused-ring (bicyclic) bond motifs is 2. The molecule has 5 heteroatoms. The minimum absolute atomic E-state index is 0.0184. The maximum atomic E-state index is 12.8. The van der Waals surface area contributed by atoms with Crippen LogP contribution in [0, 0.1) is 29.1 Å². The first-order valence-corrected chi connectivity index (χ1v) is 8.14. The lowest BCUT2D eigenvalue weighted by atomic mass is 9.76. The Labute approximate surface area is 125 Å². The van der Waals surface area contributed by atoms with E-state index in [9.17, 15) is 14.7 Å². The first-order chi connectivity index (χ1) is 9.86. The minimum Gasteiger partial charge on any atom is -0.481 e. The van der Waals surface area contributed by atoms with E-state index in [1.807, 2.05) is 13.8 Å². The van der Waals surface area contributed by atoms with Crippen LogP contribution in [0.3, 0.4) is 0 Å². The monoisotopic (exact) mass is 294 g/mol. The van der Waals surface area contributed by atoms with Crippen molar-refractivity contribution in [2.45, 2.75) is 45.6 Å². The third kappa shape index (κ3) is 2.08. The van der Waals surface area contributed by atoms with Crippen molar-refractivity contribution in [3.8, 4) is 0 Å². The second-order valence-electron chi connectivity index (χ2n) is 7.56. The lowest BCUT2D eigenvalue weighted by Gasteiger charge is -2.32. The number of carbonyl (C=O) groups is 2. The molecule has 1 aliphatic heterocycles. The number of carbonyl (C=O) groups excluding carboxylic acids is 1. The normalized spacial score (nSPS) is 42.0. The average molecular weight is 294 g/mol. The van der Waals surface area contributed by atoms with Gasteiger partial charge in [-0.25, -0.2) is 0 Å². The molecule has 5 atom stereocenters. The van der Waals surface area contributed by atoms with Gasteiger partial charge in [-0.3, -0.25) is 9.59 Å². The highest BCUT2D eigenvalue weighted by Gasteiger charge is 2.54. The molecule has 3 fully saturated rings. The van der Waals surface area contributed by atoms with E-state index in [0.717, 1.165) is 19.3 Å². The molecule has 0 radical (unpaired) electrons. The van der Waals surface area contributed by atoms with Gasteiger partial charge in [0.2, 0.25) is 5.91 Å². The Hall–Kier alpha value is -1.10. The molecule has 118 valence electrons. The summed E-state index contributed by atoms with van der Waals surface area (Å²) in [6, 6.07) is -0.0184. The largest absolute Gasteiger partial charge is 0.481 e. The van der Waals surface area contributed by atoms with Crippen molar-refractivity contribution in [2.24, 2.45) is 34.8 Å². The quantitative estimate of drug-likeness (QED) is 0.822. The van der Waals surface area contributed by atoms with Crippen LogP contribution < -0.4 is 5.73 Å². The van der Waals surface area contributed by atoms with E-state index in [1.165, 1.54) is 0 Å². The van der Waals surface area contributed by atoms with E-state index >= 15 is 0 Å². The molecule has 3 aliphatic rings. The molecule has 3 rings (SSSR count). The van der Waals surface area contributed by atoms with Crippen LogP contribution in [0.1, 0.15) is 39.5 Å². The number of likely N-dealkylation sites (tertiary alicyclic amines) is 1. The van der Waals surface area contributed by atoms with E-state index in [4.69, 9.17) is 5.73 Å². The number of aliphatic carboxylic acids is 1. The number of carboxylic acid groups (broad SMARTS) is 1. The Kier molecular flexibility index (Phi) is 3.51. The van der Waals surface area contributed by atoms with Gasteiger partial charge in [-0.2, -0.15) is 0 Å². The molecule has 21 heavy (non-hydrogen) atoms. The van der Waals surface area contributed by atoms with Gasteiger partial charge >= 0.3 is 5.97 Å². The average Bonchev–Trinajstić information content (AvgIpc) is 3.12. The molecule has 2 bridgehead atoms. The Bertz CT molecular complexity index is 462. The Morgan fingerprint density at radius 1 is 1.29 bits per heavy atom. The van der Waals surface area contributed by atoms with Crippen molar-refractivity contribution in [1.29, 1.82) is 0 Å². The third-order valence-electron chi connectivity index (χ3n) is 6.41. The van der Waals surface area contributed by atoms with E-state index in [1.54, 1.807) is 4.90 Å². The number of carboxylic acids is 1. The van der Waals surface area contributed by atoms with Gasteiger partial charge in [-0.05, 0) is 43.4 Å². The summed E-state index contributed by atoms with van der Waals surface area (Å²) in [4.78, 5) is 26.3. The van der Waals surface area contributed by atoms with Crippen LogP contribution in [0.2, 0.25) is 0 Å². The Morgan fingerprint density at radius 3 is 2.43 bits per heavy atom. The second kappa shape index (κ2) is 4.97. The zero-order valence-corrected chi connectivity index (χ0v) is 12.9. The van der Waals surface area contributed by atoms with Crippen LogP contribution in [0.15, 0.2) is 0 Å². The molecule has 1 saturated heterocycles. The van der Waals surface area contributed by atoms with Gasteiger partial charge in [0.05, 0.1) is 11.3 Å². The maximum absolute atomic E-state index is 12.8. The lowest BCUT2D eigenvalue weighted by Crippen LogP contribution is -2.48. The van der Waals surface area contributed by atoms with Gasteiger partial charge in [-0.1, -0.05) is 13.8 Å². The first-order valence-electron chi connectivity index (χ1n) is 8.14. The van der Waals surface area contributed by atoms with Crippen molar-refractivity contribution in [3.63, 3.8) is 0 Å².